The molecule has 1 rings (SSSR count). The molecule has 0 radical (unpaired) electrons. The maximum atomic E-state index is 11.6. The second-order valence-corrected chi connectivity index (χ2v) is 7.96. The first-order chi connectivity index (χ1) is 13.2. The van der Waals surface area contributed by atoms with Crippen LogP contribution in [0.25, 0.3) is 0 Å². The molecular formula is C21H37N5O2. The van der Waals surface area contributed by atoms with E-state index >= 15 is 0 Å². The molecular weight excluding hydrogens is 354 g/mol. The molecule has 0 saturated carbocycles. The number of nitrogens with one attached hydrogen (secondary N) is 3. The Hall–Kier alpha value is -2.28. The summed E-state index contributed by atoms with van der Waals surface area (Å²) >= 11 is 0. The van der Waals surface area contributed by atoms with Crippen LogP contribution in [-0.4, -0.2) is 56.3 Å². The molecule has 28 heavy (non-hydrogen) atoms. The first kappa shape index (κ1) is 23.8. The molecule has 1 amide bonds. The third-order valence-corrected chi connectivity index (χ3v) is 3.57. The summed E-state index contributed by atoms with van der Waals surface area (Å²) in [5.74, 6) is 0.776. The molecule has 0 aliphatic heterocycles. The van der Waals surface area contributed by atoms with Crippen molar-refractivity contribution in [1.82, 2.24) is 20.9 Å². The Morgan fingerprint density at radius 2 is 1.79 bits per heavy atom. The van der Waals surface area contributed by atoms with Gasteiger partial charge in [-0.3, -0.25) is 0 Å². The number of carbonyl (C=O) groups excluding carboxylic acids is 1. The van der Waals surface area contributed by atoms with Gasteiger partial charge in [0.1, 0.15) is 5.60 Å². The monoisotopic (exact) mass is 391 g/mol. The number of nitrogens with zero attached hydrogens (tertiary/aromatic N) is 2. The summed E-state index contributed by atoms with van der Waals surface area (Å²) in [6.07, 6.45) is 0.396. The smallest absolute Gasteiger partial charge is 0.407 e. The molecule has 158 valence electrons. The highest BCUT2D eigenvalue weighted by atomic mass is 16.6. The molecule has 7 heteroatoms. The van der Waals surface area contributed by atoms with Gasteiger partial charge in [-0.25, -0.2) is 9.79 Å². The predicted octanol–water partition coefficient (Wildman–Crippen LogP) is 2.72. The maximum Gasteiger partial charge on any atom is 0.407 e. The van der Waals surface area contributed by atoms with Gasteiger partial charge in [-0.1, -0.05) is 24.3 Å². The molecule has 0 fully saturated rings. The lowest BCUT2D eigenvalue weighted by Crippen LogP contribution is -2.39. The van der Waals surface area contributed by atoms with Crippen molar-refractivity contribution < 1.29 is 9.53 Å². The number of carbonyl (C=O) groups is 1. The van der Waals surface area contributed by atoms with Crippen LogP contribution in [0.5, 0.6) is 0 Å². The highest BCUT2D eigenvalue weighted by Gasteiger charge is 2.15. The van der Waals surface area contributed by atoms with Crippen molar-refractivity contribution in [3.8, 4) is 0 Å². The third-order valence-electron chi connectivity index (χ3n) is 3.57. The summed E-state index contributed by atoms with van der Waals surface area (Å²) in [4.78, 5) is 18.4. The summed E-state index contributed by atoms with van der Waals surface area (Å²) in [6.45, 7) is 11.2. The average molecular weight is 392 g/mol. The van der Waals surface area contributed by atoms with Crippen molar-refractivity contribution in [3.63, 3.8) is 0 Å². The van der Waals surface area contributed by atoms with Gasteiger partial charge >= 0.3 is 6.09 Å². The predicted molar refractivity (Wildman–Crippen MR) is 116 cm³/mol. The van der Waals surface area contributed by atoms with Crippen LogP contribution in [0.4, 0.5) is 4.79 Å². The number of benzene rings is 1. The van der Waals surface area contributed by atoms with Crippen molar-refractivity contribution in [2.75, 3.05) is 33.7 Å². The van der Waals surface area contributed by atoms with E-state index < -0.39 is 5.60 Å². The topological polar surface area (TPSA) is 78.0 Å². The Labute approximate surface area is 169 Å². The quantitative estimate of drug-likeness (QED) is 0.343. The lowest BCUT2D eigenvalue weighted by Gasteiger charge is -2.19. The van der Waals surface area contributed by atoms with Crippen LogP contribution in [0.3, 0.4) is 0 Å². The number of aliphatic imine (C=N–C) groups is 1. The van der Waals surface area contributed by atoms with E-state index in [1.54, 1.807) is 0 Å². The molecule has 7 nitrogen and oxygen atoms in total. The van der Waals surface area contributed by atoms with Gasteiger partial charge in [0.2, 0.25) is 0 Å². The average Bonchev–Trinajstić information content (AvgIpc) is 2.57. The zero-order chi connectivity index (χ0) is 21.0. The van der Waals surface area contributed by atoms with E-state index in [-0.39, 0.29) is 6.09 Å². The second kappa shape index (κ2) is 12.2. The van der Waals surface area contributed by atoms with Gasteiger partial charge in [-0.05, 0) is 59.3 Å². The lowest BCUT2D eigenvalue weighted by molar-refractivity contribution is 0.0527. The van der Waals surface area contributed by atoms with E-state index in [2.05, 4.69) is 64.2 Å². The Morgan fingerprint density at radius 3 is 2.43 bits per heavy atom. The molecule has 0 spiro atoms. The molecule has 0 bridgehead atoms. The van der Waals surface area contributed by atoms with E-state index in [0.717, 1.165) is 25.5 Å². The lowest BCUT2D eigenvalue weighted by atomic mass is 10.1. The molecule has 0 aliphatic rings. The molecule has 0 unspecified atom stereocenters. The minimum Gasteiger partial charge on any atom is -0.444 e. The molecule has 0 aromatic heterocycles. The third kappa shape index (κ3) is 11.4. The van der Waals surface area contributed by atoms with Crippen molar-refractivity contribution in [2.45, 2.75) is 52.8 Å². The molecule has 0 saturated heterocycles. The maximum absolute atomic E-state index is 11.6. The summed E-state index contributed by atoms with van der Waals surface area (Å²) in [5.41, 5.74) is 1.99. The zero-order valence-corrected chi connectivity index (χ0v) is 18.3. The van der Waals surface area contributed by atoms with Crippen molar-refractivity contribution in [3.05, 3.63) is 35.4 Å². The fourth-order valence-corrected chi connectivity index (χ4v) is 2.50. The first-order valence-corrected chi connectivity index (χ1v) is 9.91. The van der Waals surface area contributed by atoms with Crippen LogP contribution in [-0.2, 0) is 17.8 Å². The Bertz CT molecular complexity index is 623. The summed E-state index contributed by atoms with van der Waals surface area (Å²) in [6, 6.07) is 8.50. The van der Waals surface area contributed by atoms with Crippen LogP contribution in [0.15, 0.2) is 29.3 Å². The number of amides is 1. The van der Waals surface area contributed by atoms with Crippen LogP contribution < -0.4 is 16.0 Å². The fourth-order valence-electron chi connectivity index (χ4n) is 2.50. The van der Waals surface area contributed by atoms with Gasteiger partial charge in [0.05, 0.1) is 6.54 Å². The number of rotatable bonds is 9. The van der Waals surface area contributed by atoms with Gasteiger partial charge in [0.15, 0.2) is 5.96 Å². The SMILES string of the molecule is CCNC(=NCc1cccc(CN(C)C)c1)NCCCNC(=O)OC(C)(C)C. The van der Waals surface area contributed by atoms with Gasteiger partial charge < -0.3 is 25.6 Å². The molecule has 1 aromatic carbocycles. The first-order valence-electron chi connectivity index (χ1n) is 9.91. The minimum atomic E-state index is -0.475. The van der Waals surface area contributed by atoms with Gasteiger partial charge in [-0.15, -0.1) is 0 Å². The highest BCUT2D eigenvalue weighted by Crippen LogP contribution is 2.08. The van der Waals surface area contributed by atoms with Crippen LogP contribution in [0, 0.1) is 0 Å². The van der Waals surface area contributed by atoms with E-state index in [1.807, 2.05) is 27.7 Å². The number of ether oxygens (including phenoxy) is 1. The standard InChI is InChI=1S/C21H37N5O2/c1-7-22-19(23-12-9-13-24-20(27)28-21(2,3)4)25-15-17-10-8-11-18(14-17)16-26(5)6/h8,10-11,14H,7,9,12-13,15-16H2,1-6H3,(H,24,27)(H2,22,23,25). The molecule has 0 aliphatic carbocycles. The molecule has 3 N–H and O–H groups in total. The van der Waals surface area contributed by atoms with E-state index in [1.165, 1.54) is 11.1 Å². The van der Waals surface area contributed by atoms with Gasteiger partial charge in [0, 0.05) is 26.2 Å². The van der Waals surface area contributed by atoms with Crippen molar-refractivity contribution >= 4 is 12.1 Å². The summed E-state index contributed by atoms with van der Waals surface area (Å²) < 4.78 is 5.22. The van der Waals surface area contributed by atoms with Crippen molar-refractivity contribution in [1.29, 1.82) is 0 Å². The number of hydrogen-bond acceptors (Lipinski definition) is 4. The van der Waals surface area contributed by atoms with E-state index in [0.29, 0.717) is 19.6 Å². The zero-order valence-electron chi connectivity index (χ0n) is 18.3. The number of guanidine groups is 1. The normalized spacial score (nSPS) is 12.0. The number of alkyl carbamates (subject to hydrolysis) is 1. The van der Waals surface area contributed by atoms with Crippen LogP contribution >= 0.6 is 0 Å². The Kier molecular flexibility index (Phi) is 10.4. The molecule has 0 atom stereocenters. The summed E-state index contributed by atoms with van der Waals surface area (Å²) in [7, 11) is 4.13. The van der Waals surface area contributed by atoms with Crippen LogP contribution in [0.2, 0.25) is 0 Å². The Morgan fingerprint density at radius 1 is 1.11 bits per heavy atom. The van der Waals surface area contributed by atoms with Crippen molar-refractivity contribution in [2.24, 2.45) is 4.99 Å². The molecule has 1 aromatic rings. The second-order valence-electron chi connectivity index (χ2n) is 7.96. The van der Waals surface area contributed by atoms with Gasteiger partial charge in [0.25, 0.3) is 0 Å². The Balaban J connectivity index is 2.43. The highest BCUT2D eigenvalue weighted by molar-refractivity contribution is 5.79. The van der Waals surface area contributed by atoms with E-state index in [9.17, 15) is 4.79 Å². The van der Waals surface area contributed by atoms with E-state index in [4.69, 9.17) is 4.74 Å². The molecule has 0 heterocycles. The fraction of sp³-hybridized carbons (Fsp3) is 0.619. The largest absolute Gasteiger partial charge is 0.444 e. The van der Waals surface area contributed by atoms with Crippen LogP contribution in [0.1, 0.15) is 45.2 Å². The summed E-state index contributed by atoms with van der Waals surface area (Å²) in [5, 5.41) is 9.31. The van der Waals surface area contributed by atoms with Gasteiger partial charge in [-0.2, -0.15) is 0 Å². The number of hydrogen-bond donors (Lipinski definition) is 3. The minimum absolute atomic E-state index is 0.384.